The van der Waals surface area contributed by atoms with Gasteiger partial charge in [0, 0.05) is 31.7 Å². The molecule has 1 atom stereocenters. The minimum atomic E-state index is -0.623. The highest BCUT2D eigenvalue weighted by molar-refractivity contribution is 5.42. The Kier molecular flexibility index (Phi) is 6.67. The summed E-state index contributed by atoms with van der Waals surface area (Å²) in [5.74, 6) is 0. The van der Waals surface area contributed by atoms with Gasteiger partial charge in [0.05, 0.1) is 24.5 Å². The summed E-state index contributed by atoms with van der Waals surface area (Å²) in [4.78, 5) is 14.1. The fraction of sp³-hybridized carbons (Fsp3) is 0.714. The van der Waals surface area contributed by atoms with Gasteiger partial charge in [-0.15, -0.1) is 0 Å². The first-order valence-electron chi connectivity index (χ1n) is 7.21. The molecule has 114 valence electrons. The highest BCUT2D eigenvalue weighted by atomic mass is 16.3. The van der Waals surface area contributed by atoms with Gasteiger partial charge in [0.25, 0.3) is 5.56 Å². The Morgan fingerprint density at radius 1 is 1.40 bits per heavy atom. The minimum absolute atomic E-state index is 0.182. The van der Waals surface area contributed by atoms with Crippen molar-refractivity contribution in [3.8, 4) is 0 Å². The molecule has 1 aromatic heterocycles. The molecule has 20 heavy (non-hydrogen) atoms. The van der Waals surface area contributed by atoms with E-state index in [1.54, 1.807) is 12.3 Å². The number of aliphatic hydroxyl groups excluding tert-OH is 1. The maximum atomic E-state index is 12.0. The van der Waals surface area contributed by atoms with Crippen LogP contribution in [0.15, 0.2) is 17.1 Å². The Morgan fingerprint density at radius 3 is 2.55 bits per heavy atom. The van der Waals surface area contributed by atoms with Crippen molar-refractivity contribution in [3.05, 3.63) is 22.6 Å². The van der Waals surface area contributed by atoms with E-state index >= 15 is 0 Å². The normalized spacial score (nSPS) is 12.7. The summed E-state index contributed by atoms with van der Waals surface area (Å²) in [6.45, 7) is 10.4. The largest absolute Gasteiger partial charge is 0.390 e. The molecule has 0 bridgehead atoms. The van der Waals surface area contributed by atoms with E-state index in [2.05, 4.69) is 15.3 Å². The van der Waals surface area contributed by atoms with Gasteiger partial charge < -0.3 is 15.3 Å². The third-order valence-electron chi connectivity index (χ3n) is 3.13. The Balaban J connectivity index is 2.71. The predicted octanol–water partition coefficient (Wildman–Crippen LogP) is 0.448. The maximum Gasteiger partial charge on any atom is 0.268 e. The van der Waals surface area contributed by atoms with E-state index in [4.69, 9.17) is 0 Å². The van der Waals surface area contributed by atoms with E-state index in [-0.39, 0.29) is 12.1 Å². The van der Waals surface area contributed by atoms with Gasteiger partial charge >= 0.3 is 0 Å². The molecule has 0 radical (unpaired) electrons. The zero-order chi connectivity index (χ0) is 15.1. The van der Waals surface area contributed by atoms with Gasteiger partial charge in [-0.25, -0.2) is 4.68 Å². The van der Waals surface area contributed by atoms with Gasteiger partial charge in [0.2, 0.25) is 0 Å². The molecular weight excluding hydrogens is 256 g/mol. The maximum absolute atomic E-state index is 12.0. The van der Waals surface area contributed by atoms with E-state index in [1.165, 1.54) is 4.68 Å². The molecule has 0 aliphatic carbocycles. The first kappa shape index (κ1) is 16.7. The van der Waals surface area contributed by atoms with Crippen molar-refractivity contribution in [2.24, 2.45) is 0 Å². The quantitative estimate of drug-likeness (QED) is 0.724. The summed E-state index contributed by atoms with van der Waals surface area (Å²) in [5.41, 5.74) is 0.643. The lowest BCUT2D eigenvalue weighted by Crippen LogP contribution is -2.37. The molecule has 0 saturated heterocycles. The van der Waals surface area contributed by atoms with Crippen LogP contribution in [-0.2, 0) is 6.54 Å². The number of hydrogen-bond acceptors (Lipinski definition) is 5. The third kappa shape index (κ3) is 4.94. The molecule has 0 fully saturated rings. The minimum Gasteiger partial charge on any atom is -0.390 e. The number of rotatable bonds is 8. The van der Waals surface area contributed by atoms with Crippen molar-refractivity contribution < 1.29 is 5.11 Å². The van der Waals surface area contributed by atoms with Crippen molar-refractivity contribution in [2.45, 2.75) is 46.4 Å². The molecule has 0 aromatic carbocycles. The van der Waals surface area contributed by atoms with Gasteiger partial charge in [0.15, 0.2) is 0 Å². The molecule has 0 aliphatic rings. The van der Waals surface area contributed by atoms with Crippen LogP contribution in [-0.4, -0.2) is 46.7 Å². The van der Waals surface area contributed by atoms with E-state index < -0.39 is 6.10 Å². The summed E-state index contributed by atoms with van der Waals surface area (Å²) >= 11 is 0. The Hall–Kier alpha value is -1.40. The topological polar surface area (TPSA) is 70.4 Å². The van der Waals surface area contributed by atoms with Crippen LogP contribution >= 0.6 is 0 Å². The van der Waals surface area contributed by atoms with Gasteiger partial charge in [-0.3, -0.25) is 4.79 Å². The van der Waals surface area contributed by atoms with Crippen molar-refractivity contribution in [2.75, 3.05) is 24.5 Å². The number of nitrogens with zero attached hydrogens (tertiary/aromatic N) is 3. The average molecular weight is 282 g/mol. The molecule has 6 heteroatoms. The number of aliphatic hydroxyl groups is 1. The second-order valence-electron chi connectivity index (χ2n) is 5.12. The lowest BCUT2D eigenvalue weighted by molar-refractivity contribution is 0.142. The van der Waals surface area contributed by atoms with Gasteiger partial charge in [-0.1, -0.05) is 13.8 Å². The molecule has 1 aromatic rings. The summed E-state index contributed by atoms with van der Waals surface area (Å²) in [7, 11) is 0. The average Bonchev–Trinajstić information content (AvgIpc) is 2.41. The number of anilines is 1. The summed E-state index contributed by atoms with van der Waals surface area (Å²) < 4.78 is 1.31. The van der Waals surface area contributed by atoms with Crippen molar-refractivity contribution >= 4 is 5.69 Å². The van der Waals surface area contributed by atoms with E-state index in [0.29, 0.717) is 12.6 Å². The van der Waals surface area contributed by atoms with E-state index in [1.807, 2.05) is 27.7 Å². The number of hydrogen-bond donors (Lipinski definition) is 2. The van der Waals surface area contributed by atoms with Crippen molar-refractivity contribution in [1.29, 1.82) is 0 Å². The molecule has 0 aliphatic heterocycles. The van der Waals surface area contributed by atoms with Crippen LogP contribution in [0.2, 0.25) is 0 Å². The van der Waals surface area contributed by atoms with Crippen molar-refractivity contribution in [1.82, 2.24) is 15.1 Å². The predicted molar refractivity (Wildman–Crippen MR) is 81.2 cm³/mol. The van der Waals surface area contributed by atoms with Crippen LogP contribution in [0.3, 0.4) is 0 Å². The SMILES string of the molecule is CCN(CC)c1cnn(CC(O)CNC(C)C)c(=O)c1. The van der Waals surface area contributed by atoms with Gasteiger partial charge in [0.1, 0.15) is 0 Å². The standard InChI is InChI=1S/C14H26N4O2/c1-5-17(6-2)12-7-14(20)18(16-8-12)10-13(19)9-15-11(3)4/h7-8,11,13,15,19H,5-6,9-10H2,1-4H3. The molecule has 1 rings (SSSR count). The summed E-state index contributed by atoms with van der Waals surface area (Å²) in [6, 6.07) is 1.88. The van der Waals surface area contributed by atoms with Crippen LogP contribution in [0.1, 0.15) is 27.7 Å². The Bertz CT molecular complexity index is 455. The van der Waals surface area contributed by atoms with Gasteiger partial charge in [-0.2, -0.15) is 5.10 Å². The second kappa shape index (κ2) is 8.01. The Morgan fingerprint density at radius 2 is 2.05 bits per heavy atom. The molecule has 2 N–H and O–H groups in total. The van der Waals surface area contributed by atoms with E-state index in [0.717, 1.165) is 18.8 Å². The summed E-state index contributed by atoms with van der Waals surface area (Å²) in [5, 5.41) is 17.1. The zero-order valence-electron chi connectivity index (χ0n) is 12.8. The highest BCUT2D eigenvalue weighted by Crippen LogP contribution is 2.08. The van der Waals surface area contributed by atoms with Gasteiger partial charge in [-0.05, 0) is 13.8 Å². The molecular formula is C14H26N4O2. The zero-order valence-corrected chi connectivity index (χ0v) is 12.8. The first-order chi connectivity index (χ1) is 9.47. The number of nitrogens with one attached hydrogen (secondary N) is 1. The molecule has 6 nitrogen and oxygen atoms in total. The fourth-order valence-corrected chi connectivity index (χ4v) is 1.96. The fourth-order valence-electron chi connectivity index (χ4n) is 1.96. The van der Waals surface area contributed by atoms with Crippen LogP contribution in [0.4, 0.5) is 5.69 Å². The Labute approximate surface area is 120 Å². The second-order valence-corrected chi connectivity index (χ2v) is 5.12. The molecule has 0 saturated carbocycles. The molecule has 0 amide bonds. The van der Waals surface area contributed by atoms with Crippen LogP contribution in [0.25, 0.3) is 0 Å². The molecule has 1 heterocycles. The highest BCUT2D eigenvalue weighted by Gasteiger charge is 2.10. The molecule has 1 unspecified atom stereocenters. The van der Waals surface area contributed by atoms with Crippen LogP contribution in [0, 0.1) is 0 Å². The van der Waals surface area contributed by atoms with Crippen molar-refractivity contribution in [3.63, 3.8) is 0 Å². The summed E-state index contributed by atoms with van der Waals surface area (Å²) in [6.07, 6.45) is 1.05. The van der Waals surface area contributed by atoms with Crippen LogP contribution < -0.4 is 15.8 Å². The monoisotopic (exact) mass is 282 g/mol. The molecule has 0 spiro atoms. The lowest BCUT2D eigenvalue weighted by atomic mass is 10.3. The lowest BCUT2D eigenvalue weighted by Gasteiger charge is -2.21. The van der Waals surface area contributed by atoms with E-state index in [9.17, 15) is 9.90 Å². The van der Waals surface area contributed by atoms with Crippen LogP contribution in [0.5, 0.6) is 0 Å². The third-order valence-corrected chi connectivity index (χ3v) is 3.13. The number of aromatic nitrogens is 2. The smallest absolute Gasteiger partial charge is 0.268 e. The first-order valence-corrected chi connectivity index (χ1v) is 7.21.